The van der Waals surface area contributed by atoms with Gasteiger partial charge in [0.2, 0.25) is 0 Å². The van der Waals surface area contributed by atoms with E-state index < -0.39 is 11.9 Å². The first-order valence-electron chi connectivity index (χ1n) is 9.53. The highest BCUT2D eigenvalue weighted by Gasteiger charge is 2.33. The molecule has 3 rings (SSSR count). The van der Waals surface area contributed by atoms with Gasteiger partial charge in [-0.25, -0.2) is 9.98 Å². The van der Waals surface area contributed by atoms with Crippen LogP contribution in [0.5, 0.6) is 0 Å². The minimum Gasteiger partial charge on any atom is -0.357 e. The fourth-order valence-corrected chi connectivity index (χ4v) is 3.51. The number of alkyl halides is 3. The first kappa shape index (κ1) is 25.1. The zero-order chi connectivity index (χ0) is 21.4. The number of hydrogen-bond donors (Lipinski definition) is 2. The van der Waals surface area contributed by atoms with Crippen LogP contribution in [-0.4, -0.2) is 33.8 Å². The molecule has 0 unspecified atom stereocenters. The number of guanidine groups is 1. The van der Waals surface area contributed by atoms with Crippen molar-refractivity contribution in [2.24, 2.45) is 4.99 Å². The summed E-state index contributed by atoms with van der Waals surface area (Å²) in [4.78, 5) is 8.16. The van der Waals surface area contributed by atoms with Crippen molar-refractivity contribution in [1.29, 1.82) is 0 Å². The maximum absolute atomic E-state index is 12.6. The van der Waals surface area contributed by atoms with E-state index in [1.165, 1.54) is 5.56 Å². The monoisotopic (exact) mass is 564 g/mol. The predicted molar refractivity (Wildman–Crippen MR) is 127 cm³/mol. The first-order chi connectivity index (χ1) is 14.4. The van der Waals surface area contributed by atoms with Gasteiger partial charge in [0.05, 0.1) is 24.3 Å². The van der Waals surface area contributed by atoms with Gasteiger partial charge in [-0.3, -0.25) is 4.68 Å². The van der Waals surface area contributed by atoms with Crippen LogP contribution >= 0.6 is 35.3 Å². The van der Waals surface area contributed by atoms with Crippen molar-refractivity contribution in [3.05, 3.63) is 69.9 Å². The summed E-state index contributed by atoms with van der Waals surface area (Å²) in [7, 11) is 0. The highest BCUT2D eigenvalue weighted by Crippen LogP contribution is 2.29. The normalized spacial score (nSPS) is 11.8. The zero-order valence-corrected chi connectivity index (χ0v) is 20.0. The Bertz CT molecular complexity index is 955. The van der Waals surface area contributed by atoms with E-state index >= 15 is 0 Å². The number of nitrogens with zero attached hydrogens (tertiary/aromatic N) is 4. The Kier molecular flexibility index (Phi) is 9.75. The second-order valence-corrected chi connectivity index (χ2v) is 7.47. The Hall–Kier alpha value is -2.15. The van der Waals surface area contributed by atoms with Crippen LogP contribution in [-0.2, 0) is 25.7 Å². The molecule has 3 aromatic rings. The maximum Gasteiger partial charge on any atom is 0.434 e. The summed E-state index contributed by atoms with van der Waals surface area (Å²) < 4.78 is 39.8. The SMILES string of the molecule is CCNC(=NCc1cnn(Cc2ccccc2)c1)NCCc1nc(C(F)(F)F)cs1.I. The summed E-state index contributed by atoms with van der Waals surface area (Å²) >= 11 is 1.01. The Morgan fingerprint density at radius 3 is 2.61 bits per heavy atom. The molecule has 6 nitrogen and oxygen atoms in total. The lowest BCUT2D eigenvalue weighted by Gasteiger charge is -2.10. The van der Waals surface area contributed by atoms with Crippen LogP contribution in [0.15, 0.2) is 53.1 Å². The molecule has 11 heteroatoms. The van der Waals surface area contributed by atoms with E-state index in [0.717, 1.165) is 22.3 Å². The van der Waals surface area contributed by atoms with Gasteiger partial charge in [0, 0.05) is 36.7 Å². The lowest BCUT2D eigenvalue weighted by atomic mass is 10.2. The van der Waals surface area contributed by atoms with Gasteiger partial charge in [0.25, 0.3) is 0 Å². The number of hydrogen-bond acceptors (Lipinski definition) is 4. The zero-order valence-electron chi connectivity index (χ0n) is 16.9. The third-order valence-corrected chi connectivity index (χ3v) is 5.02. The summed E-state index contributed by atoms with van der Waals surface area (Å²) in [5.74, 6) is 0.598. The van der Waals surface area contributed by atoms with Crippen LogP contribution in [0.3, 0.4) is 0 Å². The van der Waals surface area contributed by atoms with Crippen molar-refractivity contribution in [2.75, 3.05) is 13.1 Å². The summed E-state index contributed by atoms with van der Waals surface area (Å²) in [6.45, 7) is 4.19. The smallest absolute Gasteiger partial charge is 0.357 e. The molecule has 1 aromatic carbocycles. The van der Waals surface area contributed by atoms with Gasteiger partial charge in [-0.1, -0.05) is 30.3 Å². The summed E-state index contributed by atoms with van der Waals surface area (Å²) in [6, 6.07) is 10.1. The third kappa shape index (κ3) is 8.13. The van der Waals surface area contributed by atoms with E-state index in [4.69, 9.17) is 0 Å². The van der Waals surface area contributed by atoms with Gasteiger partial charge in [0.1, 0.15) is 0 Å². The highest BCUT2D eigenvalue weighted by atomic mass is 127. The molecule has 2 heterocycles. The molecule has 168 valence electrons. The fourth-order valence-electron chi connectivity index (χ4n) is 2.70. The second-order valence-electron chi connectivity index (χ2n) is 6.53. The third-order valence-electron chi connectivity index (χ3n) is 4.11. The topological polar surface area (TPSA) is 67.1 Å². The molecule has 0 aliphatic carbocycles. The Labute approximate surface area is 200 Å². The molecule has 0 amide bonds. The van der Waals surface area contributed by atoms with Crippen LogP contribution < -0.4 is 10.6 Å². The molecule has 2 aromatic heterocycles. The number of aliphatic imine (C=N–C) groups is 1. The van der Waals surface area contributed by atoms with Crippen LogP contribution in [0.1, 0.15) is 28.8 Å². The Balaban J connectivity index is 0.00000341. The van der Waals surface area contributed by atoms with Crippen LogP contribution in [0.4, 0.5) is 13.2 Å². The van der Waals surface area contributed by atoms with E-state index in [-0.39, 0.29) is 24.0 Å². The number of benzene rings is 1. The molecule has 2 N–H and O–H groups in total. The predicted octanol–water partition coefficient (Wildman–Crippen LogP) is 4.32. The fraction of sp³-hybridized carbons (Fsp3) is 0.350. The number of thiazole rings is 1. The van der Waals surface area contributed by atoms with Crippen LogP contribution in [0, 0.1) is 0 Å². The molecule has 0 bridgehead atoms. The van der Waals surface area contributed by atoms with Gasteiger partial charge in [-0.2, -0.15) is 18.3 Å². The Morgan fingerprint density at radius 1 is 1.16 bits per heavy atom. The average Bonchev–Trinajstić information content (AvgIpc) is 3.36. The number of rotatable bonds is 8. The molecule has 0 fully saturated rings. The summed E-state index contributed by atoms with van der Waals surface area (Å²) in [5.41, 5.74) is 1.30. The maximum atomic E-state index is 12.6. The number of halogens is 4. The van der Waals surface area contributed by atoms with E-state index in [1.807, 2.05) is 48.1 Å². The minimum atomic E-state index is -4.40. The van der Waals surface area contributed by atoms with Gasteiger partial charge >= 0.3 is 6.18 Å². The Morgan fingerprint density at radius 2 is 1.94 bits per heavy atom. The van der Waals surface area contributed by atoms with E-state index in [2.05, 4.69) is 25.7 Å². The number of aromatic nitrogens is 3. The number of nitrogens with one attached hydrogen (secondary N) is 2. The van der Waals surface area contributed by atoms with Gasteiger partial charge in [-0.05, 0) is 12.5 Å². The van der Waals surface area contributed by atoms with Crippen molar-refractivity contribution >= 4 is 41.3 Å². The van der Waals surface area contributed by atoms with Gasteiger partial charge in [0.15, 0.2) is 11.7 Å². The molecular weight excluding hydrogens is 540 g/mol. The molecule has 0 saturated heterocycles. The summed E-state index contributed by atoms with van der Waals surface area (Å²) in [5, 5.41) is 12.1. The molecule has 0 radical (unpaired) electrons. The largest absolute Gasteiger partial charge is 0.434 e. The highest BCUT2D eigenvalue weighted by molar-refractivity contribution is 14.0. The standard InChI is InChI=1S/C20H23F3N6S.HI/c1-2-24-19(25-9-8-18-28-17(14-30-18)20(21,22)23)26-10-16-11-27-29(13-16)12-15-6-4-3-5-7-15;/h3-7,11,13-14H,2,8-10,12H2,1H3,(H2,24,25,26);1H. The quantitative estimate of drug-likeness (QED) is 0.243. The summed E-state index contributed by atoms with van der Waals surface area (Å²) in [6.07, 6.45) is -0.276. The van der Waals surface area contributed by atoms with Crippen molar-refractivity contribution < 1.29 is 13.2 Å². The second kappa shape index (κ2) is 12.0. The molecule has 0 aliphatic rings. The molecular formula is C20H24F3IN6S. The molecule has 0 saturated carbocycles. The molecule has 0 aliphatic heterocycles. The van der Waals surface area contributed by atoms with E-state index in [1.54, 1.807) is 6.20 Å². The van der Waals surface area contributed by atoms with Crippen molar-refractivity contribution in [3.8, 4) is 0 Å². The van der Waals surface area contributed by atoms with E-state index in [0.29, 0.717) is 43.6 Å². The lowest BCUT2D eigenvalue weighted by Crippen LogP contribution is -2.38. The van der Waals surface area contributed by atoms with Crippen molar-refractivity contribution in [1.82, 2.24) is 25.4 Å². The van der Waals surface area contributed by atoms with Crippen molar-refractivity contribution in [2.45, 2.75) is 32.6 Å². The van der Waals surface area contributed by atoms with E-state index in [9.17, 15) is 13.2 Å². The lowest BCUT2D eigenvalue weighted by molar-refractivity contribution is -0.140. The van der Waals surface area contributed by atoms with Crippen molar-refractivity contribution in [3.63, 3.8) is 0 Å². The average molecular weight is 564 g/mol. The molecule has 0 spiro atoms. The van der Waals surface area contributed by atoms with Gasteiger partial charge in [-0.15, -0.1) is 35.3 Å². The van der Waals surface area contributed by atoms with Crippen LogP contribution in [0.25, 0.3) is 0 Å². The molecule has 31 heavy (non-hydrogen) atoms. The van der Waals surface area contributed by atoms with Crippen LogP contribution in [0.2, 0.25) is 0 Å². The molecule has 0 atom stereocenters. The minimum absolute atomic E-state index is 0. The first-order valence-corrected chi connectivity index (χ1v) is 10.4. The van der Waals surface area contributed by atoms with Gasteiger partial charge < -0.3 is 10.6 Å².